The third-order valence-electron chi connectivity index (χ3n) is 2.48. The van der Waals surface area contributed by atoms with Crippen molar-refractivity contribution in [1.29, 1.82) is 0 Å². The highest BCUT2D eigenvalue weighted by Crippen LogP contribution is 2.23. The number of hydrogen-bond acceptors (Lipinski definition) is 2. The fourth-order valence-corrected chi connectivity index (χ4v) is 1.51. The van der Waals surface area contributed by atoms with Crippen LogP contribution >= 0.6 is 0 Å². The van der Waals surface area contributed by atoms with Gasteiger partial charge in [0.1, 0.15) is 5.75 Å². The van der Waals surface area contributed by atoms with Crippen LogP contribution in [0, 0.1) is 0 Å². The lowest BCUT2D eigenvalue weighted by Gasteiger charge is -2.27. The molecule has 0 aliphatic carbocycles. The Kier molecular flexibility index (Phi) is 4.40. The second-order valence-electron chi connectivity index (χ2n) is 4.24. The number of halogens is 3. The Morgan fingerprint density at radius 1 is 1.24 bits per heavy atom. The van der Waals surface area contributed by atoms with E-state index >= 15 is 0 Å². The Morgan fingerprint density at radius 3 is 2.29 bits per heavy atom. The monoisotopic (exact) mass is 247 g/mol. The molecule has 0 saturated heterocycles. The van der Waals surface area contributed by atoms with Gasteiger partial charge in [-0.3, -0.25) is 4.90 Å². The molecule has 0 bridgehead atoms. The molecule has 5 heteroatoms. The zero-order valence-corrected chi connectivity index (χ0v) is 9.83. The van der Waals surface area contributed by atoms with Crippen LogP contribution in [0.3, 0.4) is 0 Å². The number of alkyl halides is 3. The number of phenolic OH excluding ortho intramolecular Hbond substituents is 1. The molecule has 0 spiro atoms. The van der Waals surface area contributed by atoms with Crippen LogP contribution in [0.2, 0.25) is 0 Å². The van der Waals surface area contributed by atoms with E-state index in [-0.39, 0.29) is 18.3 Å². The van der Waals surface area contributed by atoms with Crippen LogP contribution < -0.4 is 0 Å². The summed E-state index contributed by atoms with van der Waals surface area (Å²) in [5.74, 6) is 0.0281. The van der Waals surface area contributed by atoms with E-state index in [1.165, 1.54) is 11.0 Å². The minimum Gasteiger partial charge on any atom is -0.508 e. The molecule has 0 heterocycles. The van der Waals surface area contributed by atoms with Crippen LogP contribution in [0.15, 0.2) is 24.3 Å². The SMILES string of the molecule is CC(C)N(Cc1ccccc1O)CC(F)(F)F. The number of benzene rings is 1. The molecule has 0 radical (unpaired) electrons. The van der Waals surface area contributed by atoms with Gasteiger partial charge in [0.05, 0.1) is 6.54 Å². The summed E-state index contributed by atoms with van der Waals surface area (Å²) in [7, 11) is 0. The van der Waals surface area contributed by atoms with Gasteiger partial charge in [0.2, 0.25) is 0 Å². The van der Waals surface area contributed by atoms with Crippen LogP contribution in [0.5, 0.6) is 5.75 Å². The van der Waals surface area contributed by atoms with Gasteiger partial charge >= 0.3 is 6.18 Å². The van der Waals surface area contributed by atoms with Crippen LogP contribution in [0.1, 0.15) is 19.4 Å². The average Bonchev–Trinajstić information content (AvgIpc) is 2.18. The second-order valence-corrected chi connectivity index (χ2v) is 4.24. The van der Waals surface area contributed by atoms with Crippen LogP contribution in [-0.2, 0) is 6.54 Å². The average molecular weight is 247 g/mol. The highest BCUT2D eigenvalue weighted by Gasteiger charge is 2.31. The number of hydrogen-bond donors (Lipinski definition) is 1. The first-order chi connectivity index (χ1) is 7.79. The molecule has 1 aromatic carbocycles. The molecule has 17 heavy (non-hydrogen) atoms. The van der Waals surface area contributed by atoms with Gasteiger partial charge in [-0.25, -0.2) is 0 Å². The molecule has 0 atom stereocenters. The van der Waals surface area contributed by atoms with Gasteiger partial charge in [-0.2, -0.15) is 13.2 Å². The van der Waals surface area contributed by atoms with E-state index in [0.717, 1.165) is 0 Å². The Balaban J connectivity index is 2.78. The summed E-state index contributed by atoms with van der Waals surface area (Å²) in [6.07, 6.45) is -4.23. The highest BCUT2D eigenvalue weighted by molar-refractivity contribution is 5.31. The lowest BCUT2D eigenvalue weighted by Crippen LogP contribution is -2.38. The minimum atomic E-state index is -4.23. The topological polar surface area (TPSA) is 23.5 Å². The molecule has 0 amide bonds. The molecule has 0 unspecified atom stereocenters. The van der Waals surface area contributed by atoms with Crippen LogP contribution in [-0.4, -0.2) is 28.8 Å². The first-order valence-electron chi connectivity index (χ1n) is 5.37. The smallest absolute Gasteiger partial charge is 0.401 e. The Hall–Kier alpha value is -1.23. The maximum Gasteiger partial charge on any atom is 0.401 e. The fraction of sp³-hybridized carbons (Fsp3) is 0.500. The molecular formula is C12H16F3NO. The predicted octanol–water partition coefficient (Wildman–Crippen LogP) is 3.16. The number of rotatable bonds is 4. The van der Waals surface area contributed by atoms with E-state index in [1.54, 1.807) is 32.0 Å². The Morgan fingerprint density at radius 2 is 1.82 bits per heavy atom. The van der Waals surface area contributed by atoms with E-state index in [0.29, 0.717) is 5.56 Å². The summed E-state index contributed by atoms with van der Waals surface area (Å²) in [4.78, 5) is 1.27. The van der Waals surface area contributed by atoms with Gasteiger partial charge in [0.15, 0.2) is 0 Å². The second kappa shape index (κ2) is 5.40. The summed E-state index contributed by atoms with van der Waals surface area (Å²) >= 11 is 0. The van der Waals surface area contributed by atoms with E-state index in [4.69, 9.17) is 0 Å². The van der Waals surface area contributed by atoms with Crippen LogP contribution in [0.25, 0.3) is 0 Å². The maximum absolute atomic E-state index is 12.4. The lowest BCUT2D eigenvalue weighted by molar-refractivity contribution is -0.150. The van der Waals surface area contributed by atoms with Gasteiger partial charge in [-0.05, 0) is 19.9 Å². The van der Waals surface area contributed by atoms with Gasteiger partial charge in [-0.1, -0.05) is 18.2 Å². The predicted molar refractivity (Wildman–Crippen MR) is 59.7 cm³/mol. The van der Waals surface area contributed by atoms with Crippen LogP contribution in [0.4, 0.5) is 13.2 Å². The van der Waals surface area contributed by atoms with Gasteiger partial charge in [0, 0.05) is 18.2 Å². The number of para-hydroxylation sites is 1. The van der Waals surface area contributed by atoms with Crippen molar-refractivity contribution in [2.24, 2.45) is 0 Å². The Bertz CT molecular complexity index is 363. The van der Waals surface area contributed by atoms with Gasteiger partial charge in [-0.15, -0.1) is 0 Å². The summed E-state index contributed by atoms with van der Waals surface area (Å²) in [5, 5.41) is 9.53. The van der Waals surface area contributed by atoms with E-state index in [2.05, 4.69) is 0 Å². The van der Waals surface area contributed by atoms with E-state index < -0.39 is 12.7 Å². The molecule has 96 valence electrons. The molecule has 0 fully saturated rings. The summed E-state index contributed by atoms with van der Waals surface area (Å²) in [6, 6.07) is 6.20. The normalized spacial score (nSPS) is 12.4. The van der Waals surface area contributed by atoms with Crippen molar-refractivity contribution in [2.75, 3.05) is 6.54 Å². The van der Waals surface area contributed by atoms with Crippen molar-refractivity contribution in [2.45, 2.75) is 32.6 Å². The molecule has 0 aliphatic heterocycles. The molecule has 0 saturated carbocycles. The molecule has 0 aromatic heterocycles. The van der Waals surface area contributed by atoms with Crippen molar-refractivity contribution in [3.63, 3.8) is 0 Å². The number of aromatic hydroxyl groups is 1. The fourth-order valence-electron chi connectivity index (χ4n) is 1.51. The van der Waals surface area contributed by atoms with Crippen molar-refractivity contribution in [3.8, 4) is 5.75 Å². The van der Waals surface area contributed by atoms with Crippen molar-refractivity contribution < 1.29 is 18.3 Å². The Labute approximate surface area is 98.7 Å². The summed E-state index contributed by atoms with van der Waals surface area (Å²) in [5.41, 5.74) is 0.505. The molecule has 2 nitrogen and oxygen atoms in total. The zero-order valence-electron chi connectivity index (χ0n) is 9.83. The molecule has 1 aromatic rings. The molecule has 1 N–H and O–H groups in total. The highest BCUT2D eigenvalue weighted by atomic mass is 19.4. The minimum absolute atomic E-state index is 0.0281. The molecule has 1 rings (SSSR count). The summed E-state index contributed by atoms with van der Waals surface area (Å²) in [6.45, 7) is 2.51. The van der Waals surface area contributed by atoms with Crippen molar-refractivity contribution in [1.82, 2.24) is 4.90 Å². The first-order valence-corrected chi connectivity index (χ1v) is 5.37. The zero-order chi connectivity index (χ0) is 13.1. The van der Waals surface area contributed by atoms with Crippen molar-refractivity contribution >= 4 is 0 Å². The third-order valence-corrected chi connectivity index (χ3v) is 2.48. The molecule has 0 aliphatic rings. The largest absolute Gasteiger partial charge is 0.508 e. The van der Waals surface area contributed by atoms with E-state index in [1.807, 2.05) is 0 Å². The van der Waals surface area contributed by atoms with Crippen molar-refractivity contribution in [3.05, 3.63) is 29.8 Å². The van der Waals surface area contributed by atoms with Gasteiger partial charge in [0.25, 0.3) is 0 Å². The molecular weight excluding hydrogens is 231 g/mol. The third kappa shape index (κ3) is 4.65. The van der Waals surface area contributed by atoms with Gasteiger partial charge < -0.3 is 5.11 Å². The standard InChI is InChI=1S/C12H16F3NO/c1-9(2)16(8-12(13,14)15)7-10-5-3-4-6-11(10)17/h3-6,9,17H,7-8H2,1-2H3. The summed E-state index contributed by atoms with van der Waals surface area (Å²) < 4.78 is 37.1. The quantitative estimate of drug-likeness (QED) is 0.883. The number of phenols is 1. The first kappa shape index (κ1) is 13.8. The van der Waals surface area contributed by atoms with E-state index in [9.17, 15) is 18.3 Å². The lowest BCUT2D eigenvalue weighted by atomic mass is 10.1. The number of nitrogens with zero attached hydrogens (tertiary/aromatic N) is 1. The maximum atomic E-state index is 12.4.